The van der Waals surface area contributed by atoms with Crippen molar-refractivity contribution in [2.24, 2.45) is 5.41 Å². The van der Waals surface area contributed by atoms with E-state index in [2.05, 4.69) is 51.9 Å². The van der Waals surface area contributed by atoms with E-state index in [0.29, 0.717) is 17.3 Å². The molecule has 0 saturated carbocycles. The molecule has 0 amide bonds. The van der Waals surface area contributed by atoms with Crippen LogP contribution in [0.1, 0.15) is 20.3 Å². The van der Waals surface area contributed by atoms with Crippen molar-refractivity contribution >= 4 is 17.4 Å². The first-order valence-corrected chi connectivity index (χ1v) is 7.96. The Labute approximate surface area is 122 Å². The number of hydrogen-bond donors (Lipinski definition) is 2. The SMILES string of the molecule is CC1(C)CSCC(Nc2cccc(-c3nn[nH]n3)c2)C1. The third-order valence-electron chi connectivity index (χ3n) is 3.45. The van der Waals surface area contributed by atoms with E-state index in [0.717, 1.165) is 17.0 Å². The molecule has 1 aliphatic heterocycles. The van der Waals surface area contributed by atoms with E-state index in [1.54, 1.807) is 0 Å². The number of rotatable bonds is 3. The van der Waals surface area contributed by atoms with E-state index in [-0.39, 0.29) is 0 Å². The lowest BCUT2D eigenvalue weighted by atomic mass is 9.88. The zero-order valence-corrected chi connectivity index (χ0v) is 12.6. The molecule has 2 aromatic rings. The molecule has 2 heterocycles. The molecule has 1 aliphatic rings. The zero-order chi connectivity index (χ0) is 14.0. The van der Waals surface area contributed by atoms with Crippen LogP contribution >= 0.6 is 11.8 Å². The van der Waals surface area contributed by atoms with E-state index in [1.807, 2.05) is 23.9 Å². The number of aromatic nitrogens is 4. The average molecular weight is 289 g/mol. The molecular weight excluding hydrogens is 270 g/mol. The van der Waals surface area contributed by atoms with Gasteiger partial charge in [-0.15, -0.1) is 10.2 Å². The Bertz CT molecular complexity index is 567. The summed E-state index contributed by atoms with van der Waals surface area (Å²) in [4.78, 5) is 0. The number of hydrogen-bond acceptors (Lipinski definition) is 5. The van der Waals surface area contributed by atoms with Gasteiger partial charge in [-0.05, 0) is 34.9 Å². The van der Waals surface area contributed by atoms with Gasteiger partial charge in [0.1, 0.15) is 0 Å². The molecule has 1 aromatic carbocycles. The molecule has 1 aromatic heterocycles. The molecule has 106 valence electrons. The molecular formula is C14H19N5S. The smallest absolute Gasteiger partial charge is 0.204 e. The number of benzene rings is 1. The summed E-state index contributed by atoms with van der Waals surface area (Å²) in [5.74, 6) is 3.04. The zero-order valence-electron chi connectivity index (χ0n) is 11.8. The summed E-state index contributed by atoms with van der Waals surface area (Å²) in [6.07, 6.45) is 1.20. The minimum absolute atomic E-state index is 0.409. The number of tetrazole rings is 1. The fourth-order valence-corrected chi connectivity index (χ4v) is 3.90. The minimum atomic E-state index is 0.409. The molecule has 20 heavy (non-hydrogen) atoms. The normalized spacial score (nSPS) is 21.6. The molecule has 1 fully saturated rings. The first-order chi connectivity index (χ1) is 9.62. The van der Waals surface area contributed by atoms with E-state index in [4.69, 9.17) is 0 Å². The Morgan fingerprint density at radius 3 is 3.05 bits per heavy atom. The summed E-state index contributed by atoms with van der Waals surface area (Å²) >= 11 is 2.03. The number of anilines is 1. The highest BCUT2D eigenvalue weighted by atomic mass is 32.2. The molecule has 0 radical (unpaired) electrons. The van der Waals surface area contributed by atoms with Crippen molar-refractivity contribution in [3.8, 4) is 11.4 Å². The predicted octanol–water partition coefficient (Wildman–Crippen LogP) is 2.81. The molecule has 0 aliphatic carbocycles. The quantitative estimate of drug-likeness (QED) is 0.909. The number of thioether (sulfide) groups is 1. The van der Waals surface area contributed by atoms with Crippen molar-refractivity contribution in [2.45, 2.75) is 26.3 Å². The number of nitrogens with one attached hydrogen (secondary N) is 2. The first-order valence-electron chi connectivity index (χ1n) is 6.81. The summed E-state index contributed by atoms with van der Waals surface area (Å²) in [5, 5.41) is 17.8. The molecule has 1 saturated heterocycles. The van der Waals surface area contributed by atoms with Crippen LogP contribution in [-0.2, 0) is 0 Å². The van der Waals surface area contributed by atoms with Crippen molar-refractivity contribution < 1.29 is 0 Å². The fraction of sp³-hybridized carbons (Fsp3) is 0.500. The van der Waals surface area contributed by atoms with Gasteiger partial charge in [0.2, 0.25) is 5.82 Å². The van der Waals surface area contributed by atoms with E-state index in [1.165, 1.54) is 12.2 Å². The topological polar surface area (TPSA) is 66.5 Å². The first kappa shape index (κ1) is 13.4. The van der Waals surface area contributed by atoms with E-state index >= 15 is 0 Å². The van der Waals surface area contributed by atoms with Crippen molar-refractivity contribution in [1.82, 2.24) is 20.6 Å². The van der Waals surface area contributed by atoms with Crippen LogP contribution in [0.15, 0.2) is 24.3 Å². The third kappa shape index (κ3) is 3.12. The van der Waals surface area contributed by atoms with Gasteiger partial charge >= 0.3 is 0 Å². The standard InChI is InChI=1S/C14H19N5S/c1-14(2)7-12(8-20-9-14)15-11-5-3-4-10(6-11)13-16-18-19-17-13/h3-6,12,15H,7-9H2,1-2H3,(H,16,17,18,19). The number of H-pyrrole nitrogens is 1. The maximum Gasteiger partial charge on any atom is 0.204 e. The molecule has 2 N–H and O–H groups in total. The second kappa shape index (κ2) is 5.44. The Balaban J connectivity index is 1.73. The molecule has 5 nitrogen and oxygen atoms in total. The largest absolute Gasteiger partial charge is 0.381 e. The Morgan fingerprint density at radius 2 is 2.30 bits per heavy atom. The van der Waals surface area contributed by atoms with Crippen LogP contribution < -0.4 is 5.32 Å². The molecule has 0 bridgehead atoms. The monoisotopic (exact) mass is 289 g/mol. The summed E-state index contributed by atoms with van der Waals surface area (Å²) in [7, 11) is 0. The van der Waals surface area contributed by atoms with Crippen molar-refractivity contribution in [3.63, 3.8) is 0 Å². The minimum Gasteiger partial charge on any atom is -0.381 e. The maximum atomic E-state index is 4.02. The molecule has 6 heteroatoms. The van der Waals surface area contributed by atoms with Gasteiger partial charge in [0, 0.05) is 23.0 Å². The van der Waals surface area contributed by atoms with E-state index < -0.39 is 0 Å². The second-order valence-corrected chi connectivity index (χ2v) is 7.07. The van der Waals surface area contributed by atoms with Crippen LogP contribution in [0.25, 0.3) is 11.4 Å². The van der Waals surface area contributed by atoms with Crippen LogP contribution in [-0.4, -0.2) is 38.2 Å². The van der Waals surface area contributed by atoms with Crippen molar-refractivity contribution in [2.75, 3.05) is 16.8 Å². The Hall–Kier alpha value is -1.56. The van der Waals surface area contributed by atoms with Gasteiger partial charge in [0.25, 0.3) is 0 Å². The van der Waals surface area contributed by atoms with E-state index in [9.17, 15) is 0 Å². The van der Waals surface area contributed by atoms with Crippen molar-refractivity contribution in [3.05, 3.63) is 24.3 Å². The van der Waals surface area contributed by atoms with Crippen LogP contribution in [0.4, 0.5) is 5.69 Å². The number of aromatic amines is 1. The lowest BCUT2D eigenvalue weighted by Crippen LogP contribution is -2.35. The molecule has 1 unspecified atom stereocenters. The van der Waals surface area contributed by atoms with Gasteiger partial charge in [0.15, 0.2) is 0 Å². The second-order valence-electron chi connectivity index (χ2n) is 6.04. The van der Waals surface area contributed by atoms with Gasteiger partial charge in [-0.3, -0.25) is 0 Å². The van der Waals surface area contributed by atoms with Gasteiger partial charge in [-0.25, -0.2) is 0 Å². The average Bonchev–Trinajstić information content (AvgIpc) is 2.91. The lowest BCUT2D eigenvalue weighted by molar-refractivity contribution is 0.358. The van der Waals surface area contributed by atoms with Gasteiger partial charge in [0.05, 0.1) is 0 Å². The molecule has 0 spiro atoms. The fourth-order valence-electron chi connectivity index (χ4n) is 2.62. The lowest BCUT2D eigenvalue weighted by Gasteiger charge is -2.35. The van der Waals surface area contributed by atoms with Crippen molar-refractivity contribution in [1.29, 1.82) is 0 Å². The summed E-state index contributed by atoms with van der Waals surface area (Å²) < 4.78 is 0. The molecule has 1 atom stereocenters. The van der Waals surface area contributed by atoms with Crippen LogP contribution in [0, 0.1) is 5.41 Å². The summed E-state index contributed by atoms with van der Waals surface area (Å²) in [5.41, 5.74) is 2.51. The maximum absolute atomic E-state index is 4.02. The highest BCUT2D eigenvalue weighted by Gasteiger charge is 2.28. The third-order valence-corrected chi connectivity index (χ3v) is 5.07. The van der Waals surface area contributed by atoms with Gasteiger partial charge < -0.3 is 5.32 Å². The Morgan fingerprint density at radius 1 is 1.40 bits per heavy atom. The Kier molecular flexibility index (Phi) is 3.65. The van der Waals surface area contributed by atoms with Gasteiger partial charge in [-0.1, -0.05) is 26.0 Å². The molecule has 3 rings (SSSR count). The predicted molar refractivity (Wildman–Crippen MR) is 82.7 cm³/mol. The summed E-state index contributed by atoms with van der Waals surface area (Å²) in [6, 6.07) is 8.71. The van der Waals surface area contributed by atoms with Gasteiger partial charge in [-0.2, -0.15) is 17.0 Å². The summed E-state index contributed by atoms with van der Waals surface area (Å²) in [6.45, 7) is 4.67. The highest BCUT2D eigenvalue weighted by molar-refractivity contribution is 7.99. The highest BCUT2D eigenvalue weighted by Crippen LogP contribution is 2.34. The van der Waals surface area contributed by atoms with Crippen LogP contribution in [0.2, 0.25) is 0 Å². The van der Waals surface area contributed by atoms with Crippen LogP contribution in [0.3, 0.4) is 0 Å². The van der Waals surface area contributed by atoms with Crippen LogP contribution in [0.5, 0.6) is 0 Å². The number of nitrogens with zero attached hydrogens (tertiary/aromatic N) is 3.